The Morgan fingerprint density at radius 2 is 1.58 bits per heavy atom. The third-order valence-electron chi connectivity index (χ3n) is 6.36. The lowest BCUT2D eigenvalue weighted by Crippen LogP contribution is -2.45. The Kier molecular flexibility index (Phi) is 5.80. The van der Waals surface area contributed by atoms with Crippen LogP contribution >= 0.6 is 0 Å². The minimum absolute atomic E-state index is 0.207. The van der Waals surface area contributed by atoms with Gasteiger partial charge in [0.2, 0.25) is 0 Å². The van der Waals surface area contributed by atoms with E-state index < -0.39 is 6.04 Å². The van der Waals surface area contributed by atoms with Crippen molar-refractivity contribution in [3.05, 3.63) is 139 Å². The lowest BCUT2D eigenvalue weighted by molar-refractivity contribution is 0.240. The number of benzene rings is 3. The highest BCUT2D eigenvalue weighted by Gasteiger charge is 2.26. The third-order valence-corrected chi connectivity index (χ3v) is 6.36. The molecular weight excluding hydrogens is 410 g/mol. The van der Waals surface area contributed by atoms with Crippen molar-refractivity contribution >= 4 is 0 Å². The highest BCUT2D eigenvalue weighted by molar-refractivity contribution is 5.36. The summed E-state index contributed by atoms with van der Waals surface area (Å²) in [4.78, 5) is 32.4. The van der Waals surface area contributed by atoms with Crippen molar-refractivity contribution in [2.75, 3.05) is 6.54 Å². The smallest absolute Gasteiger partial charge is 0.311 e. The van der Waals surface area contributed by atoms with E-state index in [0.29, 0.717) is 18.5 Å². The Labute approximate surface area is 193 Å². The Morgan fingerprint density at radius 3 is 2.30 bits per heavy atom. The molecule has 5 heteroatoms. The molecule has 1 aliphatic rings. The van der Waals surface area contributed by atoms with Gasteiger partial charge in [0.15, 0.2) is 0 Å². The number of aryl methyl sites for hydroxylation is 1. The van der Waals surface area contributed by atoms with Crippen molar-refractivity contribution < 1.29 is 0 Å². The fourth-order valence-electron chi connectivity index (χ4n) is 4.76. The molecule has 0 radical (unpaired) electrons. The minimum atomic E-state index is -0.489. The van der Waals surface area contributed by atoms with Crippen LogP contribution in [-0.4, -0.2) is 21.0 Å². The van der Waals surface area contributed by atoms with Crippen molar-refractivity contribution in [1.82, 2.24) is 14.5 Å². The summed E-state index contributed by atoms with van der Waals surface area (Å²) < 4.78 is 1.40. The lowest BCUT2D eigenvalue weighted by atomic mass is 9.96. The number of rotatable bonds is 5. The van der Waals surface area contributed by atoms with Crippen LogP contribution in [0.5, 0.6) is 0 Å². The number of nitrogens with zero attached hydrogens (tertiary/aromatic N) is 2. The largest absolute Gasteiger partial charge is 0.329 e. The average molecular weight is 438 g/mol. The van der Waals surface area contributed by atoms with Gasteiger partial charge in [-0.3, -0.25) is 9.69 Å². The zero-order valence-corrected chi connectivity index (χ0v) is 18.7. The van der Waals surface area contributed by atoms with Crippen LogP contribution in [0.4, 0.5) is 0 Å². The summed E-state index contributed by atoms with van der Waals surface area (Å²) >= 11 is 0. The van der Waals surface area contributed by atoms with E-state index in [2.05, 4.69) is 22.0 Å². The molecule has 0 saturated carbocycles. The van der Waals surface area contributed by atoms with E-state index in [1.54, 1.807) is 0 Å². The first-order valence-electron chi connectivity index (χ1n) is 11.3. The molecule has 4 aromatic rings. The number of aromatic amines is 1. The van der Waals surface area contributed by atoms with Gasteiger partial charge in [0.05, 0.1) is 11.6 Å². The molecule has 3 aromatic carbocycles. The first-order chi connectivity index (χ1) is 16.1. The summed E-state index contributed by atoms with van der Waals surface area (Å²) in [5.41, 5.74) is 5.02. The van der Waals surface area contributed by atoms with Crippen LogP contribution in [0.3, 0.4) is 0 Å². The molecule has 5 rings (SSSR count). The van der Waals surface area contributed by atoms with Crippen LogP contribution in [0.15, 0.2) is 94.5 Å². The number of nitrogens with one attached hydrogen (secondary N) is 1. The number of hydrogen-bond donors (Lipinski definition) is 1. The molecule has 33 heavy (non-hydrogen) atoms. The second kappa shape index (κ2) is 9.04. The highest BCUT2D eigenvalue weighted by Crippen LogP contribution is 2.26. The molecule has 1 aromatic heterocycles. The van der Waals surface area contributed by atoms with Crippen LogP contribution in [0.1, 0.15) is 39.6 Å². The quantitative estimate of drug-likeness (QED) is 0.513. The van der Waals surface area contributed by atoms with Crippen molar-refractivity contribution in [1.29, 1.82) is 0 Å². The van der Waals surface area contributed by atoms with E-state index in [1.165, 1.54) is 10.1 Å². The monoisotopic (exact) mass is 437 g/mol. The summed E-state index contributed by atoms with van der Waals surface area (Å²) in [6, 6.07) is 27.6. The SMILES string of the molecule is Cc1cccc(C(c2ccccc2)n2c(=O)[nH]c3c(c2=O)CN(Cc2ccccc2)CC3)c1. The summed E-state index contributed by atoms with van der Waals surface area (Å²) in [7, 11) is 0. The predicted molar refractivity (Wildman–Crippen MR) is 130 cm³/mol. The molecule has 166 valence electrons. The first-order valence-corrected chi connectivity index (χ1v) is 11.3. The van der Waals surface area contributed by atoms with Crippen LogP contribution in [0.25, 0.3) is 0 Å². The topological polar surface area (TPSA) is 58.1 Å². The maximum Gasteiger partial charge on any atom is 0.329 e. The van der Waals surface area contributed by atoms with Gasteiger partial charge < -0.3 is 4.98 Å². The fourth-order valence-corrected chi connectivity index (χ4v) is 4.76. The van der Waals surface area contributed by atoms with E-state index in [4.69, 9.17) is 0 Å². The summed E-state index contributed by atoms with van der Waals surface area (Å²) in [5.74, 6) is 0. The fraction of sp³-hybridized carbons (Fsp3) is 0.214. The maximum atomic E-state index is 13.8. The molecule has 0 saturated heterocycles. The predicted octanol–water partition coefficient (Wildman–Crippen LogP) is 4.04. The van der Waals surface area contributed by atoms with Gasteiger partial charge in [0.25, 0.3) is 5.56 Å². The number of hydrogen-bond acceptors (Lipinski definition) is 3. The molecule has 1 unspecified atom stereocenters. The molecular formula is C28H27N3O2. The minimum Gasteiger partial charge on any atom is -0.311 e. The molecule has 0 aliphatic carbocycles. The van der Waals surface area contributed by atoms with Gasteiger partial charge in [-0.1, -0.05) is 90.5 Å². The van der Waals surface area contributed by atoms with Gasteiger partial charge in [-0.25, -0.2) is 9.36 Å². The molecule has 0 spiro atoms. The summed E-state index contributed by atoms with van der Waals surface area (Å²) in [6.07, 6.45) is 0.661. The molecule has 1 atom stereocenters. The van der Waals surface area contributed by atoms with E-state index in [0.717, 1.165) is 35.5 Å². The zero-order valence-electron chi connectivity index (χ0n) is 18.7. The Hall–Kier alpha value is -3.70. The Morgan fingerprint density at radius 1 is 0.879 bits per heavy atom. The molecule has 0 bridgehead atoms. The second-order valence-electron chi connectivity index (χ2n) is 8.74. The van der Waals surface area contributed by atoms with Crippen LogP contribution in [0, 0.1) is 6.92 Å². The summed E-state index contributed by atoms with van der Waals surface area (Å²) in [6.45, 7) is 4.13. The van der Waals surface area contributed by atoms with Crippen molar-refractivity contribution in [3.8, 4) is 0 Å². The summed E-state index contributed by atoms with van der Waals surface area (Å²) in [5, 5.41) is 0. The first kappa shape index (κ1) is 21.2. The zero-order chi connectivity index (χ0) is 22.8. The molecule has 2 heterocycles. The van der Waals surface area contributed by atoms with Crippen LogP contribution < -0.4 is 11.2 Å². The van der Waals surface area contributed by atoms with Crippen molar-refractivity contribution in [2.45, 2.75) is 32.5 Å². The van der Waals surface area contributed by atoms with Crippen molar-refractivity contribution in [3.63, 3.8) is 0 Å². The molecule has 0 amide bonds. The van der Waals surface area contributed by atoms with Gasteiger partial charge in [0, 0.05) is 31.7 Å². The van der Waals surface area contributed by atoms with Crippen LogP contribution in [0.2, 0.25) is 0 Å². The van der Waals surface area contributed by atoms with E-state index in [-0.39, 0.29) is 11.2 Å². The molecule has 0 fully saturated rings. The van der Waals surface area contributed by atoms with Gasteiger partial charge in [0.1, 0.15) is 0 Å². The number of aromatic nitrogens is 2. The molecule has 1 aliphatic heterocycles. The van der Waals surface area contributed by atoms with E-state index in [9.17, 15) is 9.59 Å². The Balaban J connectivity index is 1.60. The lowest BCUT2D eigenvalue weighted by Gasteiger charge is -2.29. The number of H-pyrrole nitrogens is 1. The second-order valence-corrected chi connectivity index (χ2v) is 8.74. The maximum absolute atomic E-state index is 13.8. The normalized spacial score (nSPS) is 14.6. The van der Waals surface area contributed by atoms with Gasteiger partial charge in [-0.15, -0.1) is 0 Å². The molecule has 1 N–H and O–H groups in total. The van der Waals surface area contributed by atoms with E-state index in [1.807, 2.05) is 79.7 Å². The highest BCUT2D eigenvalue weighted by atomic mass is 16.2. The van der Waals surface area contributed by atoms with Crippen molar-refractivity contribution in [2.24, 2.45) is 0 Å². The van der Waals surface area contributed by atoms with Gasteiger partial charge in [-0.2, -0.15) is 0 Å². The number of fused-ring (bicyclic) bond motifs is 1. The van der Waals surface area contributed by atoms with Crippen LogP contribution in [-0.2, 0) is 19.5 Å². The van der Waals surface area contributed by atoms with Gasteiger partial charge in [-0.05, 0) is 23.6 Å². The average Bonchev–Trinajstić information content (AvgIpc) is 2.83. The Bertz CT molecular complexity index is 1370. The standard InChI is InChI=1S/C28H27N3O2/c1-20-9-8-14-23(17-20)26(22-12-6-3-7-13-22)31-27(32)24-19-30(16-15-25(24)29-28(31)33)18-21-10-4-2-5-11-21/h2-14,17,26H,15-16,18-19H2,1H3,(H,29,33). The molecule has 5 nitrogen and oxygen atoms in total. The van der Waals surface area contributed by atoms with Gasteiger partial charge >= 0.3 is 5.69 Å². The van der Waals surface area contributed by atoms with E-state index >= 15 is 0 Å². The third kappa shape index (κ3) is 4.32.